The van der Waals surface area contributed by atoms with Crippen LogP contribution in [-0.2, 0) is 14.6 Å². The van der Waals surface area contributed by atoms with Crippen LogP contribution in [0.25, 0.3) is 0 Å². The van der Waals surface area contributed by atoms with Gasteiger partial charge < -0.3 is 10.5 Å². The maximum atomic E-state index is 11.9. The van der Waals surface area contributed by atoms with E-state index in [-0.39, 0.29) is 22.5 Å². The Kier molecular flexibility index (Phi) is 6.85. The molecule has 0 aliphatic heterocycles. The van der Waals surface area contributed by atoms with Gasteiger partial charge in [0.2, 0.25) is 5.91 Å². The molecule has 0 aromatic carbocycles. The van der Waals surface area contributed by atoms with Crippen molar-refractivity contribution in [3.8, 4) is 0 Å². The van der Waals surface area contributed by atoms with Gasteiger partial charge in [-0.25, -0.2) is 8.42 Å². The zero-order chi connectivity index (χ0) is 15.3. The molecule has 6 nitrogen and oxygen atoms in total. The van der Waals surface area contributed by atoms with Gasteiger partial charge in [-0.1, -0.05) is 25.9 Å². The maximum Gasteiger partial charge on any atom is 0.230 e. The number of hydrogen-bond acceptors (Lipinski definition) is 6. The number of sulfone groups is 1. The molecule has 0 aliphatic carbocycles. The normalized spacial score (nSPS) is 15.1. The molecule has 0 heterocycles. The first kappa shape index (κ1) is 18.2. The van der Waals surface area contributed by atoms with Crippen molar-refractivity contribution in [1.29, 1.82) is 0 Å². The van der Waals surface area contributed by atoms with Gasteiger partial charge in [0.1, 0.15) is 14.9 Å². The number of nitrogens with one attached hydrogen (secondary N) is 1. The SMILES string of the molecule is CNC(=O)C(C(=NO)SCCS(C)(=O)=O)C(C)(C)C. The summed E-state index contributed by atoms with van der Waals surface area (Å²) in [6.07, 6.45) is 1.14. The van der Waals surface area contributed by atoms with Gasteiger partial charge in [0.15, 0.2) is 0 Å². The lowest BCUT2D eigenvalue weighted by Crippen LogP contribution is -2.40. The maximum absolute atomic E-state index is 11.9. The smallest absolute Gasteiger partial charge is 0.230 e. The Morgan fingerprint density at radius 3 is 2.26 bits per heavy atom. The van der Waals surface area contributed by atoms with Crippen molar-refractivity contribution in [2.75, 3.05) is 24.8 Å². The summed E-state index contributed by atoms with van der Waals surface area (Å²) in [6.45, 7) is 5.57. The van der Waals surface area contributed by atoms with E-state index >= 15 is 0 Å². The lowest BCUT2D eigenvalue weighted by molar-refractivity contribution is -0.124. The number of rotatable bonds is 5. The Bertz CT molecular complexity index is 438. The predicted octanol–water partition coefficient (Wildman–Crippen LogP) is 0.960. The fraction of sp³-hybridized carbons (Fsp3) is 0.818. The minimum Gasteiger partial charge on any atom is -0.410 e. The molecule has 112 valence electrons. The first-order valence-electron chi connectivity index (χ1n) is 5.77. The molecule has 0 saturated carbocycles. The number of oxime groups is 1. The predicted molar refractivity (Wildman–Crippen MR) is 78.4 cm³/mol. The molecule has 0 aliphatic rings. The third kappa shape index (κ3) is 6.81. The quantitative estimate of drug-likeness (QED) is 0.341. The molecule has 1 unspecified atom stereocenters. The van der Waals surface area contributed by atoms with E-state index in [1.54, 1.807) is 0 Å². The molecule has 0 saturated heterocycles. The summed E-state index contributed by atoms with van der Waals surface area (Å²) in [6, 6.07) is 0. The zero-order valence-electron chi connectivity index (χ0n) is 11.9. The third-order valence-corrected chi connectivity index (χ3v) is 4.65. The van der Waals surface area contributed by atoms with Gasteiger partial charge in [-0.05, 0) is 5.41 Å². The van der Waals surface area contributed by atoms with Crippen molar-refractivity contribution in [3.63, 3.8) is 0 Å². The van der Waals surface area contributed by atoms with Crippen molar-refractivity contribution in [1.82, 2.24) is 5.32 Å². The summed E-state index contributed by atoms with van der Waals surface area (Å²) >= 11 is 1.09. The average molecular weight is 310 g/mol. The van der Waals surface area contributed by atoms with E-state index in [0.717, 1.165) is 18.0 Å². The molecular weight excluding hydrogens is 288 g/mol. The highest BCUT2D eigenvalue weighted by Crippen LogP contribution is 2.31. The summed E-state index contributed by atoms with van der Waals surface area (Å²) in [5, 5.41) is 15.0. The molecular formula is C11H22N2O4S2. The monoisotopic (exact) mass is 310 g/mol. The van der Waals surface area contributed by atoms with Gasteiger partial charge >= 0.3 is 0 Å². The Hall–Kier alpha value is -0.760. The third-order valence-electron chi connectivity index (χ3n) is 2.42. The second kappa shape index (κ2) is 7.14. The average Bonchev–Trinajstić information content (AvgIpc) is 2.23. The first-order valence-corrected chi connectivity index (χ1v) is 8.81. The van der Waals surface area contributed by atoms with Crippen molar-refractivity contribution in [2.24, 2.45) is 16.5 Å². The van der Waals surface area contributed by atoms with Crippen LogP contribution in [0.2, 0.25) is 0 Å². The van der Waals surface area contributed by atoms with Crippen molar-refractivity contribution >= 4 is 32.6 Å². The van der Waals surface area contributed by atoms with Crippen LogP contribution >= 0.6 is 11.8 Å². The standard InChI is InChI=1S/C11H22N2O4S2/c1-11(2,3)8(9(14)12-4)10(13-15)18-6-7-19(5,16)17/h8,15H,6-7H2,1-5H3,(H,12,14). The van der Waals surface area contributed by atoms with Gasteiger partial charge in [0.05, 0.1) is 11.7 Å². The van der Waals surface area contributed by atoms with Gasteiger partial charge in [0.25, 0.3) is 0 Å². The van der Waals surface area contributed by atoms with Crippen LogP contribution in [0, 0.1) is 11.3 Å². The molecule has 0 spiro atoms. The highest BCUT2D eigenvalue weighted by molar-refractivity contribution is 8.14. The van der Waals surface area contributed by atoms with Crippen LogP contribution in [-0.4, -0.2) is 49.4 Å². The zero-order valence-corrected chi connectivity index (χ0v) is 13.6. The molecule has 8 heteroatoms. The highest BCUT2D eigenvalue weighted by Gasteiger charge is 2.36. The van der Waals surface area contributed by atoms with E-state index in [0.29, 0.717) is 0 Å². The van der Waals surface area contributed by atoms with Crippen molar-refractivity contribution < 1.29 is 18.4 Å². The lowest BCUT2D eigenvalue weighted by Gasteiger charge is -2.29. The van der Waals surface area contributed by atoms with Crippen LogP contribution in [0.15, 0.2) is 5.16 Å². The molecule has 2 N–H and O–H groups in total. The molecule has 0 aromatic rings. The Morgan fingerprint density at radius 1 is 1.42 bits per heavy atom. The van der Waals surface area contributed by atoms with E-state index < -0.39 is 21.2 Å². The fourth-order valence-electron chi connectivity index (χ4n) is 1.49. The molecule has 19 heavy (non-hydrogen) atoms. The Labute approximate surface area is 118 Å². The van der Waals surface area contributed by atoms with E-state index in [1.807, 2.05) is 20.8 Å². The van der Waals surface area contributed by atoms with Crippen LogP contribution in [0.3, 0.4) is 0 Å². The van der Waals surface area contributed by atoms with Crippen LogP contribution < -0.4 is 5.32 Å². The van der Waals surface area contributed by atoms with E-state index in [1.165, 1.54) is 7.05 Å². The van der Waals surface area contributed by atoms with E-state index in [4.69, 9.17) is 5.21 Å². The van der Waals surface area contributed by atoms with Crippen LogP contribution in [0.1, 0.15) is 20.8 Å². The summed E-state index contributed by atoms with van der Waals surface area (Å²) in [5.74, 6) is -0.650. The Morgan fingerprint density at radius 2 is 1.95 bits per heavy atom. The van der Waals surface area contributed by atoms with E-state index in [2.05, 4.69) is 10.5 Å². The van der Waals surface area contributed by atoms with Gasteiger partial charge in [0, 0.05) is 19.1 Å². The number of amides is 1. The van der Waals surface area contributed by atoms with Crippen LogP contribution in [0.5, 0.6) is 0 Å². The molecule has 1 atom stereocenters. The molecule has 0 aromatic heterocycles. The number of carbonyl (C=O) groups excluding carboxylic acids is 1. The summed E-state index contributed by atoms with van der Waals surface area (Å²) in [7, 11) is -1.56. The minimum absolute atomic E-state index is 0.0265. The second-order valence-electron chi connectivity index (χ2n) is 5.33. The topological polar surface area (TPSA) is 95.8 Å². The number of carbonyl (C=O) groups is 1. The molecule has 0 radical (unpaired) electrons. The number of thioether (sulfide) groups is 1. The highest BCUT2D eigenvalue weighted by atomic mass is 32.2. The minimum atomic E-state index is -3.07. The first-order chi connectivity index (χ1) is 8.53. The number of nitrogens with zero attached hydrogens (tertiary/aromatic N) is 1. The van der Waals surface area contributed by atoms with Gasteiger partial charge in [-0.3, -0.25) is 4.79 Å². The van der Waals surface area contributed by atoms with Crippen molar-refractivity contribution in [2.45, 2.75) is 20.8 Å². The molecule has 0 fully saturated rings. The Balaban J connectivity index is 4.94. The summed E-state index contributed by atoms with van der Waals surface area (Å²) < 4.78 is 22.1. The molecule has 0 bridgehead atoms. The lowest BCUT2D eigenvalue weighted by atomic mass is 9.81. The van der Waals surface area contributed by atoms with Gasteiger partial charge in [-0.2, -0.15) is 0 Å². The molecule has 1 amide bonds. The summed E-state index contributed by atoms with van der Waals surface area (Å²) in [4.78, 5) is 11.9. The van der Waals surface area contributed by atoms with Crippen molar-refractivity contribution in [3.05, 3.63) is 0 Å². The van der Waals surface area contributed by atoms with Crippen LogP contribution in [0.4, 0.5) is 0 Å². The van der Waals surface area contributed by atoms with E-state index in [9.17, 15) is 13.2 Å². The second-order valence-corrected chi connectivity index (χ2v) is 8.70. The molecule has 0 rings (SSSR count). The van der Waals surface area contributed by atoms with Gasteiger partial charge in [-0.15, -0.1) is 11.8 Å². The summed E-state index contributed by atoms with van der Waals surface area (Å²) in [5.41, 5.74) is -0.431. The fourth-order valence-corrected chi connectivity index (χ4v) is 3.93. The largest absolute Gasteiger partial charge is 0.410 e. The number of hydrogen-bond donors (Lipinski definition) is 2.